The van der Waals surface area contributed by atoms with Crippen molar-refractivity contribution in [3.63, 3.8) is 0 Å². The summed E-state index contributed by atoms with van der Waals surface area (Å²) in [6.07, 6.45) is 0.893. The molecule has 3 aromatic rings. The van der Waals surface area contributed by atoms with Gasteiger partial charge in [-0.25, -0.2) is 18.2 Å². The predicted molar refractivity (Wildman–Crippen MR) is 208 cm³/mol. The Labute approximate surface area is 327 Å². The molecule has 2 heterocycles. The van der Waals surface area contributed by atoms with Crippen molar-refractivity contribution in [1.29, 1.82) is 5.26 Å². The number of pyridine rings is 1. The van der Waals surface area contributed by atoms with E-state index in [1.807, 2.05) is 30.3 Å². The molecule has 0 spiro atoms. The topological polar surface area (TPSA) is 197 Å². The number of carbonyl (C=O) groups is 4. The van der Waals surface area contributed by atoms with Gasteiger partial charge in [-0.1, -0.05) is 57.2 Å². The number of ether oxygens (including phenoxy) is 2. The number of aromatic nitrogens is 1. The van der Waals surface area contributed by atoms with Crippen LogP contribution in [0, 0.1) is 22.7 Å². The number of carbonyl (C=O) groups excluding carboxylic acids is 4. The van der Waals surface area contributed by atoms with Gasteiger partial charge >= 0.3 is 6.09 Å². The van der Waals surface area contributed by atoms with Crippen molar-refractivity contribution in [3.8, 4) is 23.2 Å². The molecule has 0 bridgehead atoms. The molecule has 1 saturated heterocycles. The summed E-state index contributed by atoms with van der Waals surface area (Å²) in [5, 5.41) is 15.7. The number of benzene rings is 2. The molecular formula is C41H48N6O8S. The van der Waals surface area contributed by atoms with Crippen molar-refractivity contribution in [2.24, 2.45) is 11.3 Å². The van der Waals surface area contributed by atoms with Crippen LogP contribution >= 0.6 is 0 Å². The van der Waals surface area contributed by atoms with E-state index >= 15 is 0 Å². The maximum Gasteiger partial charge on any atom is 0.408 e. The fourth-order valence-electron chi connectivity index (χ4n) is 6.91. The molecule has 6 rings (SSSR count). The van der Waals surface area contributed by atoms with E-state index in [0.29, 0.717) is 29.5 Å². The number of likely N-dealkylation sites (tertiary alicyclic amines) is 1. The van der Waals surface area contributed by atoms with Gasteiger partial charge in [0.1, 0.15) is 29.3 Å². The van der Waals surface area contributed by atoms with Crippen LogP contribution in [0.2, 0.25) is 0 Å². The number of hydrogen-bond acceptors (Lipinski definition) is 10. The highest BCUT2D eigenvalue weighted by Crippen LogP contribution is 2.45. The Morgan fingerprint density at radius 1 is 1.05 bits per heavy atom. The zero-order chi connectivity index (χ0) is 40.8. The van der Waals surface area contributed by atoms with Gasteiger partial charge in [0.25, 0.3) is 5.91 Å². The Morgan fingerprint density at radius 2 is 1.73 bits per heavy atom. The first-order chi connectivity index (χ1) is 26.2. The maximum atomic E-state index is 14.6. The maximum absolute atomic E-state index is 14.6. The van der Waals surface area contributed by atoms with Gasteiger partial charge in [-0.3, -0.25) is 19.1 Å². The first-order valence-electron chi connectivity index (χ1n) is 18.6. The SMILES string of the molecule is C=CC1CC1(NC(=O)C1CC(Oc2nc(-c3ccc(C#N)cc3)cc3ccccc23)CN1C(=O)C(NC(=O)OC(C)(C)C)C(C)(C)C)C(=O)NS(=O)(=O)C1CC1. The van der Waals surface area contributed by atoms with Crippen LogP contribution in [-0.2, 0) is 29.1 Å². The minimum atomic E-state index is -3.92. The van der Waals surface area contributed by atoms with E-state index < -0.39 is 79.7 Å². The molecule has 0 radical (unpaired) electrons. The van der Waals surface area contributed by atoms with Crippen LogP contribution < -0.4 is 20.1 Å². The van der Waals surface area contributed by atoms with E-state index in [1.54, 1.807) is 65.8 Å². The summed E-state index contributed by atoms with van der Waals surface area (Å²) in [6, 6.07) is 16.1. The number of sulfonamides is 1. The van der Waals surface area contributed by atoms with Gasteiger partial charge < -0.3 is 25.0 Å². The molecule has 1 aromatic heterocycles. The van der Waals surface area contributed by atoms with Crippen LogP contribution in [0.1, 0.15) is 72.8 Å². The van der Waals surface area contributed by atoms with Crippen molar-refractivity contribution in [2.45, 2.75) is 102 Å². The van der Waals surface area contributed by atoms with Gasteiger partial charge in [0.15, 0.2) is 0 Å². The van der Waals surface area contributed by atoms with Crippen LogP contribution in [0.4, 0.5) is 4.79 Å². The number of alkyl carbamates (subject to hydrolysis) is 1. The molecule has 15 heteroatoms. The molecule has 2 aromatic carbocycles. The highest BCUT2D eigenvalue weighted by molar-refractivity contribution is 7.91. The van der Waals surface area contributed by atoms with Crippen LogP contribution in [-0.4, -0.2) is 83.2 Å². The third kappa shape index (κ3) is 8.65. The first kappa shape index (κ1) is 40.2. The molecular weight excluding hydrogens is 737 g/mol. The van der Waals surface area contributed by atoms with Crippen molar-refractivity contribution in [3.05, 3.63) is 72.8 Å². The van der Waals surface area contributed by atoms with E-state index in [4.69, 9.17) is 14.5 Å². The molecule has 3 N–H and O–H groups in total. The Bertz CT molecular complexity index is 2220. The molecule has 14 nitrogen and oxygen atoms in total. The third-order valence-corrected chi connectivity index (χ3v) is 12.0. The normalized spacial score (nSPS) is 22.7. The van der Waals surface area contributed by atoms with Gasteiger partial charge in [0, 0.05) is 23.3 Å². The summed E-state index contributed by atoms with van der Waals surface area (Å²) in [4.78, 5) is 61.8. The lowest BCUT2D eigenvalue weighted by Gasteiger charge is -2.36. The lowest BCUT2D eigenvalue weighted by molar-refractivity contribution is -0.143. The molecule has 5 unspecified atom stereocenters. The summed E-state index contributed by atoms with van der Waals surface area (Å²) in [5.41, 5.74) is -1.45. The van der Waals surface area contributed by atoms with Gasteiger partial charge in [-0.15, -0.1) is 6.58 Å². The minimum Gasteiger partial charge on any atom is -0.472 e. The lowest BCUT2D eigenvalue weighted by Crippen LogP contribution is -2.60. The van der Waals surface area contributed by atoms with Crippen molar-refractivity contribution < 1.29 is 37.1 Å². The number of amides is 4. The molecule has 3 aliphatic rings. The Kier molecular flexibility index (Phi) is 10.7. The fraction of sp³-hybridized carbons (Fsp3) is 0.463. The van der Waals surface area contributed by atoms with Crippen LogP contribution in [0.15, 0.2) is 67.3 Å². The Balaban J connectivity index is 1.33. The second-order valence-corrected chi connectivity index (χ2v) is 18.8. The number of fused-ring (bicyclic) bond motifs is 1. The van der Waals surface area contributed by atoms with Crippen LogP contribution in [0.5, 0.6) is 5.88 Å². The van der Waals surface area contributed by atoms with Crippen LogP contribution in [0.25, 0.3) is 22.0 Å². The molecule has 56 heavy (non-hydrogen) atoms. The fourth-order valence-corrected chi connectivity index (χ4v) is 8.28. The summed E-state index contributed by atoms with van der Waals surface area (Å²) in [7, 11) is -3.92. The first-order valence-corrected chi connectivity index (χ1v) is 20.2. The number of hydrogen-bond donors (Lipinski definition) is 3. The minimum absolute atomic E-state index is 0.0190. The van der Waals surface area contributed by atoms with E-state index in [1.165, 1.54) is 11.0 Å². The van der Waals surface area contributed by atoms with Gasteiger partial charge in [0.05, 0.1) is 29.1 Å². The average molecular weight is 785 g/mol. The lowest BCUT2D eigenvalue weighted by atomic mass is 9.85. The highest BCUT2D eigenvalue weighted by Gasteiger charge is 2.62. The summed E-state index contributed by atoms with van der Waals surface area (Å²) < 4.78 is 39.7. The molecule has 296 valence electrons. The molecule has 2 saturated carbocycles. The predicted octanol–water partition coefficient (Wildman–Crippen LogP) is 4.73. The summed E-state index contributed by atoms with van der Waals surface area (Å²) in [5.74, 6) is -2.42. The molecule has 5 atom stereocenters. The van der Waals surface area contributed by atoms with E-state index in [-0.39, 0.29) is 25.3 Å². The number of nitrogens with zero attached hydrogens (tertiary/aromatic N) is 3. The van der Waals surface area contributed by atoms with E-state index in [2.05, 4.69) is 28.0 Å². The van der Waals surface area contributed by atoms with E-state index in [0.717, 1.165) is 10.9 Å². The number of nitriles is 1. The molecule has 3 fully saturated rings. The highest BCUT2D eigenvalue weighted by atomic mass is 32.2. The quantitative estimate of drug-likeness (QED) is 0.229. The number of nitrogens with one attached hydrogen (secondary N) is 3. The molecule has 4 amide bonds. The second-order valence-electron chi connectivity index (χ2n) is 16.8. The zero-order valence-corrected chi connectivity index (χ0v) is 33.2. The zero-order valence-electron chi connectivity index (χ0n) is 32.4. The largest absolute Gasteiger partial charge is 0.472 e. The number of rotatable bonds is 11. The summed E-state index contributed by atoms with van der Waals surface area (Å²) >= 11 is 0. The molecule has 2 aliphatic carbocycles. The standard InChI is InChI=1S/C41H48N6O8S/c1-8-27-21-41(27,37(50)46-56(52,53)29-17-18-29)45-34(48)32-20-28(23-47(32)36(49)33(39(2,3)4)44-38(51)55-40(5,6)7)54-35-30-12-10-9-11-26(30)19-31(43-35)25-15-13-24(22-42)14-16-25/h8-16,19,27-29,32-33H,1,17-18,20-21,23H2,2-7H3,(H,44,51)(H,45,48)(H,46,50). The van der Waals surface area contributed by atoms with Crippen molar-refractivity contribution in [2.75, 3.05) is 6.54 Å². The van der Waals surface area contributed by atoms with Gasteiger partial charge in [-0.2, -0.15) is 5.26 Å². The average Bonchev–Trinajstić information content (AvgIpc) is 4.06. The van der Waals surface area contributed by atoms with E-state index in [9.17, 15) is 32.9 Å². The second kappa shape index (κ2) is 14.9. The van der Waals surface area contributed by atoms with Gasteiger partial charge in [0.2, 0.25) is 27.7 Å². The Morgan fingerprint density at radius 3 is 2.32 bits per heavy atom. The smallest absolute Gasteiger partial charge is 0.408 e. The Hall–Kier alpha value is -5.49. The van der Waals surface area contributed by atoms with Crippen molar-refractivity contribution in [1.82, 2.24) is 25.2 Å². The molecule has 1 aliphatic heterocycles. The summed E-state index contributed by atoms with van der Waals surface area (Å²) in [6.45, 7) is 14.1. The van der Waals surface area contributed by atoms with Gasteiger partial charge in [-0.05, 0) is 75.1 Å². The monoisotopic (exact) mass is 784 g/mol. The van der Waals surface area contributed by atoms with Crippen LogP contribution in [0.3, 0.4) is 0 Å². The third-order valence-electron chi connectivity index (χ3n) is 10.2. The van der Waals surface area contributed by atoms with Crippen molar-refractivity contribution >= 4 is 44.6 Å².